The van der Waals surface area contributed by atoms with E-state index in [0.29, 0.717) is 5.02 Å². The molecule has 2 heteroatoms. The smallest absolute Gasteiger partial charge is 0.124 e. The molecule has 0 bridgehead atoms. The van der Waals surface area contributed by atoms with Gasteiger partial charge < -0.3 is 0 Å². The van der Waals surface area contributed by atoms with Crippen molar-refractivity contribution in [3.63, 3.8) is 0 Å². The summed E-state index contributed by atoms with van der Waals surface area (Å²) in [5.41, 5.74) is 1.00. The Kier molecular flexibility index (Phi) is 3.97. The van der Waals surface area contributed by atoms with Gasteiger partial charge >= 0.3 is 0 Å². The first kappa shape index (κ1) is 10.3. The zero-order valence-electron chi connectivity index (χ0n) is 7.39. The first-order chi connectivity index (χ1) is 6.24. The van der Waals surface area contributed by atoms with E-state index >= 15 is 0 Å². The van der Waals surface area contributed by atoms with Crippen molar-refractivity contribution in [2.24, 2.45) is 0 Å². The SMILES string of the molecule is C=CCCCc1ccc(F)cc1Cl. The minimum absolute atomic E-state index is 0.280. The second kappa shape index (κ2) is 5.03. The Morgan fingerprint density at radius 2 is 2.23 bits per heavy atom. The maximum atomic E-state index is 12.6. The topological polar surface area (TPSA) is 0 Å². The normalized spacial score (nSPS) is 10.0. The summed E-state index contributed by atoms with van der Waals surface area (Å²) in [5, 5.41) is 0.518. The average molecular weight is 199 g/mol. The lowest BCUT2D eigenvalue weighted by molar-refractivity contribution is 0.626. The van der Waals surface area contributed by atoms with E-state index in [-0.39, 0.29) is 5.82 Å². The molecule has 13 heavy (non-hydrogen) atoms. The summed E-state index contributed by atoms with van der Waals surface area (Å²) < 4.78 is 12.6. The van der Waals surface area contributed by atoms with Crippen LogP contribution in [0.3, 0.4) is 0 Å². The molecule has 0 aromatic heterocycles. The molecule has 1 aromatic rings. The monoisotopic (exact) mass is 198 g/mol. The molecule has 0 unspecified atom stereocenters. The molecular formula is C11H12ClF. The second-order valence-corrected chi connectivity index (χ2v) is 3.32. The zero-order chi connectivity index (χ0) is 9.68. The van der Waals surface area contributed by atoms with Crippen LogP contribution in [0.25, 0.3) is 0 Å². The van der Waals surface area contributed by atoms with Crippen LogP contribution in [0, 0.1) is 5.82 Å². The third-order valence-electron chi connectivity index (χ3n) is 1.87. The Bertz CT molecular complexity index is 294. The third-order valence-corrected chi connectivity index (χ3v) is 2.22. The van der Waals surface area contributed by atoms with Gasteiger partial charge in [0.05, 0.1) is 0 Å². The van der Waals surface area contributed by atoms with Gasteiger partial charge in [-0.15, -0.1) is 6.58 Å². The molecule has 0 nitrogen and oxygen atoms in total. The summed E-state index contributed by atoms with van der Waals surface area (Å²) >= 11 is 5.84. The molecule has 1 rings (SSSR count). The van der Waals surface area contributed by atoms with E-state index in [1.165, 1.54) is 12.1 Å². The summed E-state index contributed by atoms with van der Waals surface area (Å²) in [6.07, 6.45) is 4.73. The molecule has 0 aliphatic carbocycles. The Labute approximate surface area is 83.0 Å². The molecule has 0 amide bonds. The van der Waals surface area contributed by atoms with E-state index in [1.807, 2.05) is 6.08 Å². The van der Waals surface area contributed by atoms with Gasteiger partial charge in [-0.3, -0.25) is 0 Å². The van der Waals surface area contributed by atoms with Gasteiger partial charge in [0.2, 0.25) is 0 Å². The highest BCUT2D eigenvalue weighted by molar-refractivity contribution is 6.31. The number of unbranched alkanes of at least 4 members (excludes halogenated alkanes) is 1. The molecule has 70 valence electrons. The third kappa shape index (κ3) is 3.19. The van der Waals surface area contributed by atoms with Crippen molar-refractivity contribution in [1.29, 1.82) is 0 Å². The fraction of sp³-hybridized carbons (Fsp3) is 0.273. The van der Waals surface area contributed by atoms with E-state index in [2.05, 4.69) is 6.58 Å². The number of allylic oxidation sites excluding steroid dienone is 1. The molecule has 1 aromatic carbocycles. The first-order valence-corrected chi connectivity index (χ1v) is 4.66. The molecule has 0 atom stereocenters. The highest BCUT2D eigenvalue weighted by Crippen LogP contribution is 2.19. The quantitative estimate of drug-likeness (QED) is 0.507. The van der Waals surface area contributed by atoms with E-state index in [0.717, 1.165) is 24.8 Å². The Hall–Kier alpha value is -0.820. The van der Waals surface area contributed by atoms with Crippen molar-refractivity contribution < 1.29 is 4.39 Å². The maximum Gasteiger partial charge on any atom is 0.124 e. The van der Waals surface area contributed by atoms with Crippen LogP contribution < -0.4 is 0 Å². The van der Waals surface area contributed by atoms with Gasteiger partial charge in [-0.05, 0) is 37.0 Å². The molecule has 0 saturated carbocycles. The fourth-order valence-electron chi connectivity index (χ4n) is 1.16. The highest BCUT2D eigenvalue weighted by Gasteiger charge is 2.00. The lowest BCUT2D eigenvalue weighted by Gasteiger charge is -2.02. The fourth-order valence-corrected chi connectivity index (χ4v) is 1.42. The zero-order valence-corrected chi connectivity index (χ0v) is 8.15. The van der Waals surface area contributed by atoms with Gasteiger partial charge in [0.25, 0.3) is 0 Å². The molecule has 0 radical (unpaired) electrons. The molecule has 0 heterocycles. The first-order valence-electron chi connectivity index (χ1n) is 4.29. The molecule has 0 aliphatic rings. The summed E-state index contributed by atoms with van der Waals surface area (Å²) in [6.45, 7) is 3.64. The van der Waals surface area contributed by atoms with Crippen LogP contribution in [-0.2, 0) is 6.42 Å². The van der Waals surface area contributed by atoms with Crippen molar-refractivity contribution in [3.8, 4) is 0 Å². The van der Waals surface area contributed by atoms with Crippen LogP contribution in [-0.4, -0.2) is 0 Å². The molecule has 0 spiro atoms. The van der Waals surface area contributed by atoms with Gasteiger partial charge in [0, 0.05) is 5.02 Å². The second-order valence-electron chi connectivity index (χ2n) is 2.92. The van der Waals surface area contributed by atoms with E-state index < -0.39 is 0 Å². The van der Waals surface area contributed by atoms with Crippen molar-refractivity contribution in [2.45, 2.75) is 19.3 Å². The molecule has 0 fully saturated rings. The van der Waals surface area contributed by atoms with Gasteiger partial charge in [-0.2, -0.15) is 0 Å². The van der Waals surface area contributed by atoms with Crippen molar-refractivity contribution in [2.75, 3.05) is 0 Å². The molecular weight excluding hydrogens is 187 g/mol. The molecule has 0 N–H and O–H groups in total. The van der Waals surface area contributed by atoms with Crippen LogP contribution >= 0.6 is 11.6 Å². The van der Waals surface area contributed by atoms with Crippen LogP contribution in [0.1, 0.15) is 18.4 Å². The number of rotatable bonds is 4. The van der Waals surface area contributed by atoms with Crippen LogP contribution in [0.2, 0.25) is 5.02 Å². The van der Waals surface area contributed by atoms with Crippen LogP contribution in [0.4, 0.5) is 4.39 Å². The Balaban J connectivity index is 2.61. The average Bonchev–Trinajstić information content (AvgIpc) is 2.09. The lowest BCUT2D eigenvalue weighted by atomic mass is 10.1. The van der Waals surface area contributed by atoms with Gasteiger partial charge in [-0.1, -0.05) is 23.7 Å². The van der Waals surface area contributed by atoms with Crippen LogP contribution in [0.5, 0.6) is 0 Å². The predicted molar refractivity (Wildman–Crippen MR) is 54.5 cm³/mol. The number of aryl methyl sites for hydroxylation is 1. The summed E-state index contributed by atoms with van der Waals surface area (Å²) in [6, 6.07) is 4.53. The van der Waals surface area contributed by atoms with E-state index in [1.54, 1.807) is 6.07 Å². The van der Waals surface area contributed by atoms with Crippen molar-refractivity contribution >= 4 is 11.6 Å². The summed E-state index contributed by atoms with van der Waals surface area (Å²) in [4.78, 5) is 0. The number of hydrogen-bond donors (Lipinski definition) is 0. The highest BCUT2D eigenvalue weighted by atomic mass is 35.5. The molecule has 0 saturated heterocycles. The Morgan fingerprint density at radius 1 is 1.46 bits per heavy atom. The molecule has 0 aliphatic heterocycles. The minimum Gasteiger partial charge on any atom is -0.207 e. The maximum absolute atomic E-state index is 12.6. The Morgan fingerprint density at radius 3 is 2.85 bits per heavy atom. The minimum atomic E-state index is -0.280. The van der Waals surface area contributed by atoms with Gasteiger partial charge in [0.15, 0.2) is 0 Å². The predicted octanol–water partition coefficient (Wildman–Crippen LogP) is 3.99. The van der Waals surface area contributed by atoms with E-state index in [4.69, 9.17) is 11.6 Å². The van der Waals surface area contributed by atoms with Gasteiger partial charge in [0.1, 0.15) is 5.82 Å². The van der Waals surface area contributed by atoms with Crippen molar-refractivity contribution in [1.82, 2.24) is 0 Å². The number of hydrogen-bond acceptors (Lipinski definition) is 0. The largest absolute Gasteiger partial charge is 0.207 e. The lowest BCUT2D eigenvalue weighted by Crippen LogP contribution is -1.87. The van der Waals surface area contributed by atoms with E-state index in [9.17, 15) is 4.39 Å². The number of halogens is 2. The summed E-state index contributed by atoms with van der Waals surface area (Å²) in [5.74, 6) is -0.280. The van der Waals surface area contributed by atoms with Gasteiger partial charge in [-0.25, -0.2) is 4.39 Å². The van der Waals surface area contributed by atoms with Crippen molar-refractivity contribution in [3.05, 3.63) is 47.3 Å². The van der Waals surface area contributed by atoms with Crippen LogP contribution in [0.15, 0.2) is 30.9 Å². The summed E-state index contributed by atoms with van der Waals surface area (Å²) in [7, 11) is 0. The standard InChI is InChI=1S/C11H12ClF/c1-2-3-4-5-9-6-7-10(13)8-11(9)12/h2,6-8H,1,3-5H2. The number of benzene rings is 1.